The molecule has 1 unspecified atom stereocenters. The Hall–Kier alpha value is -4.18. The summed E-state index contributed by atoms with van der Waals surface area (Å²) in [6, 6.07) is 15.6. The number of carbonyl (C=O) groups excluding carboxylic acids is 3. The van der Waals surface area contributed by atoms with Crippen molar-refractivity contribution in [2.24, 2.45) is 0 Å². The van der Waals surface area contributed by atoms with Crippen molar-refractivity contribution in [2.45, 2.75) is 77.2 Å². The molecule has 10 nitrogen and oxygen atoms in total. The summed E-state index contributed by atoms with van der Waals surface area (Å²) in [5.74, 6) is 0.805. The summed E-state index contributed by atoms with van der Waals surface area (Å²) >= 11 is 0. The molecule has 2 aromatic carbocycles. The summed E-state index contributed by atoms with van der Waals surface area (Å²) in [5.41, 5.74) is 4.99. The summed E-state index contributed by atoms with van der Waals surface area (Å²) < 4.78 is 10.9. The molecule has 0 saturated carbocycles. The van der Waals surface area contributed by atoms with E-state index in [0.29, 0.717) is 49.9 Å². The van der Waals surface area contributed by atoms with Gasteiger partial charge in [0.15, 0.2) is 0 Å². The van der Waals surface area contributed by atoms with Crippen molar-refractivity contribution in [3.05, 3.63) is 65.4 Å². The van der Waals surface area contributed by atoms with Gasteiger partial charge in [0.2, 0.25) is 11.8 Å². The Balaban J connectivity index is 0.917. The molecule has 2 aliphatic heterocycles. The van der Waals surface area contributed by atoms with Crippen molar-refractivity contribution in [3.8, 4) is 17.0 Å². The summed E-state index contributed by atoms with van der Waals surface area (Å²) in [6.45, 7) is 4.52. The van der Waals surface area contributed by atoms with Crippen LogP contribution in [0.3, 0.4) is 0 Å². The lowest BCUT2D eigenvalue weighted by molar-refractivity contribution is -0.130. The number of nitrogens with zero attached hydrogens (tertiary/aromatic N) is 3. The van der Waals surface area contributed by atoms with Gasteiger partial charge >= 0.3 is 0 Å². The molecule has 0 radical (unpaired) electrons. The van der Waals surface area contributed by atoms with Gasteiger partial charge in [0.1, 0.15) is 5.76 Å². The normalized spacial score (nSPS) is 16.0. The first-order valence-electron chi connectivity index (χ1n) is 16.2. The molecule has 3 heterocycles. The number of aliphatic hydroxyl groups excluding tert-OH is 1. The van der Waals surface area contributed by atoms with E-state index in [0.717, 1.165) is 74.7 Å². The highest BCUT2D eigenvalue weighted by Gasteiger charge is 2.25. The lowest BCUT2D eigenvalue weighted by Gasteiger charge is -2.29. The lowest BCUT2D eigenvalue weighted by atomic mass is 9.95. The summed E-state index contributed by atoms with van der Waals surface area (Å²) in [7, 11) is 0. The molecule has 0 aliphatic carbocycles. The molecule has 1 fully saturated rings. The average molecular weight is 617 g/mol. The van der Waals surface area contributed by atoms with Crippen LogP contribution in [0.2, 0.25) is 0 Å². The van der Waals surface area contributed by atoms with Crippen molar-refractivity contribution in [1.29, 1.82) is 0 Å². The number of aromatic nitrogens is 1. The Morgan fingerprint density at radius 3 is 2.49 bits per heavy atom. The number of carbonyl (C=O) groups is 3. The van der Waals surface area contributed by atoms with Crippen LogP contribution < -0.4 is 15.0 Å². The molecule has 0 bridgehead atoms. The zero-order valence-electron chi connectivity index (χ0n) is 26.1. The van der Waals surface area contributed by atoms with Crippen molar-refractivity contribution in [1.82, 2.24) is 15.4 Å². The van der Waals surface area contributed by atoms with E-state index in [9.17, 15) is 19.5 Å². The lowest BCUT2D eigenvalue weighted by Crippen LogP contribution is -2.33. The first kappa shape index (κ1) is 32.2. The number of β-amino-alcohol motifs (C(OH)–C–C–N with tert-alkyl or cyclic N) is 1. The maximum atomic E-state index is 12.6. The molecule has 240 valence electrons. The predicted octanol–water partition coefficient (Wildman–Crippen LogP) is 4.93. The standard InChI is InChI=1S/C35H44N4O6/c1-25(40)39-18-8-9-29-21-28(14-15-32(29)39)26-10-12-27(13-11-26)35(43)36-17-6-4-2-3-5-7-20-44-33-22-31(45-37-33)23-34(42)38-19-16-30(41)24-38/h10-15,21-22,30,41H,2-9,16-20,23-24H2,1H3,(H,36,43). The molecule has 1 saturated heterocycles. The third kappa shape index (κ3) is 8.94. The Labute approximate surface area is 264 Å². The number of nitrogens with one attached hydrogen (secondary N) is 1. The SMILES string of the molecule is CC(=O)N1CCCc2cc(-c3ccc(C(=O)NCCCCCCCCOc4cc(CC(=O)N5CCC(O)C5)on4)cc3)ccc21. The zero-order chi connectivity index (χ0) is 31.6. The second kappa shape index (κ2) is 15.7. The second-order valence-electron chi connectivity index (χ2n) is 12.0. The van der Waals surface area contributed by atoms with Crippen molar-refractivity contribution in [2.75, 3.05) is 37.7 Å². The molecule has 1 atom stereocenters. The third-order valence-corrected chi connectivity index (χ3v) is 8.54. The van der Waals surface area contributed by atoms with Gasteiger partial charge in [-0.1, -0.05) is 43.9 Å². The van der Waals surface area contributed by atoms with Gasteiger partial charge in [-0.05, 0) is 78.2 Å². The Kier molecular flexibility index (Phi) is 11.2. The van der Waals surface area contributed by atoms with Gasteiger partial charge in [-0.15, -0.1) is 0 Å². The highest BCUT2D eigenvalue weighted by atomic mass is 16.5. The fraction of sp³-hybridized carbons (Fsp3) is 0.486. The van der Waals surface area contributed by atoms with E-state index in [1.807, 2.05) is 41.3 Å². The molecule has 2 N–H and O–H groups in total. The van der Waals surface area contributed by atoms with Gasteiger partial charge in [-0.2, -0.15) is 0 Å². The van der Waals surface area contributed by atoms with Gasteiger partial charge in [0.25, 0.3) is 11.8 Å². The minimum Gasteiger partial charge on any atom is -0.476 e. The van der Waals surface area contributed by atoms with Crippen LogP contribution >= 0.6 is 0 Å². The molecule has 45 heavy (non-hydrogen) atoms. The Bertz CT molecular complexity index is 1450. The molecular weight excluding hydrogens is 572 g/mol. The van der Waals surface area contributed by atoms with E-state index in [1.165, 1.54) is 5.56 Å². The van der Waals surface area contributed by atoms with E-state index < -0.39 is 6.10 Å². The summed E-state index contributed by atoms with van der Waals surface area (Å²) in [5, 5.41) is 16.5. The summed E-state index contributed by atoms with van der Waals surface area (Å²) in [4.78, 5) is 40.3. The monoisotopic (exact) mass is 616 g/mol. The highest BCUT2D eigenvalue weighted by Crippen LogP contribution is 2.32. The van der Waals surface area contributed by atoms with Crippen LogP contribution in [0.15, 0.2) is 53.1 Å². The summed E-state index contributed by atoms with van der Waals surface area (Å²) in [6.07, 6.45) is 8.35. The van der Waals surface area contributed by atoms with Crippen LogP contribution in [0, 0.1) is 0 Å². The van der Waals surface area contributed by atoms with Crippen molar-refractivity contribution < 1.29 is 28.8 Å². The van der Waals surface area contributed by atoms with E-state index in [2.05, 4.69) is 16.5 Å². The molecule has 1 aromatic heterocycles. The van der Waals surface area contributed by atoms with Gasteiger partial charge in [-0.3, -0.25) is 14.4 Å². The third-order valence-electron chi connectivity index (χ3n) is 8.54. The van der Waals surface area contributed by atoms with E-state index in [1.54, 1.807) is 17.9 Å². The Morgan fingerprint density at radius 1 is 0.978 bits per heavy atom. The molecule has 2 aliphatic rings. The molecule has 3 aromatic rings. The molecule has 5 rings (SSSR count). The minimum absolute atomic E-state index is 0.0588. The van der Waals surface area contributed by atoms with Crippen LogP contribution in [0.25, 0.3) is 11.1 Å². The van der Waals surface area contributed by atoms with Gasteiger partial charge in [-0.25, -0.2) is 0 Å². The molecule has 10 heteroatoms. The van der Waals surface area contributed by atoms with Crippen LogP contribution in [0.5, 0.6) is 5.88 Å². The van der Waals surface area contributed by atoms with Gasteiger partial charge in [0, 0.05) is 50.4 Å². The Morgan fingerprint density at radius 2 is 1.73 bits per heavy atom. The zero-order valence-corrected chi connectivity index (χ0v) is 26.1. The molecule has 0 spiro atoms. The number of benzene rings is 2. The number of unbranched alkanes of at least 4 members (excludes halogenated alkanes) is 5. The maximum Gasteiger partial charge on any atom is 0.254 e. The smallest absolute Gasteiger partial charge is 0.254 e. The van der Waals surface area contributed by atoms with Crippen molar-refractivity contribution >= 4 is 23.4 Å². The molecular formula is C35H44N4O6. The number of amides is 3. The fourth-order valence-corrected chi connectivity index (χ4v) is 6.01. The number of likely N-dealkylation sites (tertiary alicyclic amines) is 1. The first-order chi connectivity index (χ1) is 21.9. The van der Waals surface area contributed by atoms with Crippen molar-refractivity contribution in [3.63, 3.8) is 0 Å². The molecule has 3 amide bonds. The maximum absolute atomic E-state index is 12.6. The number of anilines is 1. The van der Waals surface area contributed by atoms with E-state index >= 15 is 0 Å². The minimum atomic E-state index is -0.436. The number of aryl methyl sites for hydroxylation is 1. The van der Waals surface area contributed by atoms with E-state index in [4.69, 9.17) is 9.26 Å². The van der Waals surface area contributed by atoms with Crippen LogP contribution in [-0.2, 0) is 22.4 Å². The second-order valence-corrected chi connectivity index (χ2v) is 12.0. The highest BCUT2D eigenvalue weighted by molar-refractivity contribution is 5.95. The van der Waals surface area contributed by atoms with Gasteiger partial charge < -0.3 is 29.5 Å². The number of hydrogen-bond donors (Lipinski definition) is 2. The first-order valence-corrected chi connectivity index (χ1v) is 16.2. The number of fused-ring (bicyclic) bond motifs is 1. The predicted molar refractivity (Wildman–Crippen MR) is 171 cm³/mol. The number of aliphatic hydroxyl groups is 1. The number of rotatable bonds is 14. The van der Waals surface area contributed by atoms with Crippen LogP contribution in [-0.4, -0.2) is 71.8 Å². The number of hydrogen-bond acceptors (Lipinski definition) is 7. The topological polar surface area (TPSA) is 125 Å². The quantitative estimate of drug-likeness (QED) is 0.246. The fourth-order valence-electron chi connectivity index (χ4n) is 6.01. The largest absolute Gasteiger partial charge is 0.476 e. The van der Waals surface area contributed by atoms with E-state index in [-0.39, 0.29) is 24.1 Å². The average Bonchev–Trinajstić information content (AvgIpc) is 3.69. The van der Waals surface area contributed by atoms with Gasteiger partial charge in [0.05, 0.1) is 19.1 Å². The van der Waals surface area contributed by atoms with Crippen LogP contribution in [0.4, 0.5) is 5.69 Å². The van der Waals surface area contributed by atoms with Crippen LogP contribution in [0.1, 0.15) is 80.0 Å². The number of ether oxygens (including phenoxy) is 1.